The van der Waals surface area contributed by atoms with Gasteiger partial charge >= 0.3 is 0 Å². The third-order valence-corrected chi connectivity index (χ3v) is 2.03. The van der Waals surface area contributed by atoms with Gasteiger partial charge in [0.2, 0.25) is 0 Å². The highest BCUT2D eigenvalue weighted by Gasteiger charge is 2.01. The molecule has 0 spiro atoms. The molecule has 16 heavy (non-hydrogen) atoms. The number of nitrogens with one attached hydrogen (secondary N) is 1. The predicted molar refractivity (Wildman–Crippen MR) is 64.2 cm³/mol. The van der Waals surface area contributed by atoms with E-state index < -0.39 is 0 Å². The largest absolute Gasteiger partial charge is 0.478 e. The van der Waals surface area contributed by atoms with Crippen molar-refractivity contribution < 1.29 is 4.74 Å². The maximum absolute atomic E-state index is 8.45. The molecule has 0 atom stereocenters. The van der Waals surface area contributed by atoms with Crippen LogP contribution in [0.4, 0.5) is 0 Å². The Morgan fingerprint density at radius 3 is 2.94 bits per heavy atom. The second-order valence-corrected chi connectivity index (χ2v) is 3.71. The van der Waals surface area contributed by atoms with Gasteiger partial charge in [-0.25, -0.2) is 0 Å². The van der Waals surface area contributed by atoms with Gasteiger partial charge in [-0.15, -0.1) is 0 Å². The van der Waals surface area contributed by atoms with E-state index in [0.717, 1.165) is 11.3 Å². The average molecular weight is 237 g/mol. The van der Waals surface area contributed by atoms with Crippen molar-refractivity contribution in [3.8, 4) is 11.8 Å². The maximum atomic E-state index is 8.45. The molecule has 0 aliphatic rings. The number of nitriles is 1. The Kier molecular flexibility index (Phi) is 5.41. The molecule has 3 nitrogen and oxygen atoms in total. The summed E-state index contributed by atoms with van der Waals surface area (Å²) in [5.74, 6) is 0.719. The van der Waals surface area contributed by atoms with Crippen molar-refractivity contribution in [3.63, 3.8) is 0 Å². The van der Waals surface area contributed by atoms with E-state index in [2.05, 4.69) is 11.9 Å². The van der Waals surface area contributed by atoms with Crippen LogP contribution < -0.4 is 10.1 Å². The number of ether oxygens (including phenoxy) is 1. The summed E-state index contributed by atoms with van der Waals surface area (Å²) in [6, 6.07) is 9.51. The van der Waals surface area contributed by atoms with Crippen LogP contribution >= 0.6 is 11.6 Å². The van der Waals surface area contributed by atoms with E-state index in [1.54, 1.807) is 0 Å². The van der Waals surface area contributed by atoms with E-state index in [9.17, 15) is 0 Å². The lowest BCUT2D eigenvalue weighted by Gasteiger charge is -2.09. The van der Waals surface area contributed by atoms with Gasteiger partial charge in [-0.3, -0.25) is 0 Å². The van der Waals surface area contributed by atoms with E-state index in [-0.39, 0.29) is 6.61 Å². The minimum absolute atomic E-state index is 0.0548. The lowest BCUT2D eigenvalue weighted by molar-refractivity contribution is 0.363. The molecule has 1 N–H and O–H groups in total. The zero-order valence-corrected chi connectivity index (χ0v) is 9.63. The standard InChI is InChI=1S/C12H13ClN2O/c1-10(13)8-15-9-11-4-2-3-5-12(11)16-7-6-14/h2-5,15H,1,7-9H2. The molecule has 0 radical (unpaired) electrons. The second-order valence-electron chi connectivity index (χ2n) is 3.18. The molecule has 4 heteroatoms. The summed E-state index contributed by atoms with van der Waals surface area (Å²) in [6.07, 6.45) is 0. The van der Waals surface area contributed by atoms with Crippen LogP contribution in [-0.2, 0) is 6.54 Å². The number of rotatable bonds is 6. The first-order chi connectivity index (χ1) is 7.74. The second kappa shape index (κ2) is 6.89. The molecule has 0 unspecified atom stereocenters. The summed E-state index contributed by atoms with van der Waals surface area (Å²) >= 11 is 5.64. The minimum atomic E-state index is 0.0548. The molecular formula is C12H13ClN2O. The lowest BCUT2D eigenvalue weighted by Crippen LogP contribution is -2.15. The number of hydrogen-bond acceptors (Lipinski definition) is 3. The Morgan fingerprint density at radius 2 is 2.25 bits per heavy atom. The fourth-order valence-electron chi connectivity index (χ4n) is 1.23. The van der Waals surface area contributed by atoms with Gasteiger partial charge in [0.25, 0.3) is 0 Å². The number of halogens is 1. The van der Waals surface area contributed by atoms with Gasteiger partial charge in [0, 0.05) is 23.7 Å². The van der Waals surface area contributed by atoms with Gasteiger partial charge in [0.05, 0.1) is 0 Å². The molecule has 0 aliphatic carbocycles. The van der Waals surface area contributed by atoms with Gasteiger partial charge in [-0.2, -0.15) is 5.26 Å². The fraction of sp³-hybridized carbons (Fsp3) is 0.250. The Morgan fingerprint density at radius 1 is 1.50 bits per heavy atom. The Labute approximate surface area is 100 Å². The van der Waals surface area contributed by atoms with Crippen LogP contribution in [-0.4, -0.2) is 13.2 Å². The summed E-state index contributed by atoms with van der Waals surface area (Å²) in [5.41, 5.74) is 0.996. The van der Waals surface area contributed by atoms with Crippen molar-refractivity contribution in [1.29, 1.82) is 5.26 Å². The molecule has 84 valence electrons. The number of benzene rings is 1. The molecule has 0 aromatic heterocycles. The zero-order chi connectivity index (χ0) is 11.8. The zero-order valence-electron chi connectivity index (χ0n) is 8.87. The van der Waals surface area contributed by atoms with Crippen LogP contribution in [0.5, 0.6) is 5.75 Å². The van der Waals surface area contributed by atoms with Crippen molar-refractivity contribution in [2.45, 2.75) is 6.54 Å². The first kappa shape index (κ1) is 12.6. The normalized spacial score (nSPS) is 9.50. The molecule has 0 amide bonds. The lowest BCUT2D eigenvalue weighted by atomic mass is 10.2. The molecule has 1 aromatic rings. The molecule has 0 bridgehead atoms. The Hall–Kier alpha value is -1.50. The molecule has 0 saturated heterocycles. The van der Waals surface area contributed by atoms with Gasteiger partial charge < -0.3 is 10.1 Å². The van der Waals surface area contributed by atoms with E-state index in [4.69, 9.17) is 21.6 Å². The summed E-state index contributed by atoms with van der Waals surface area (Å²) in [6.45, 7) is 4.82. The SMILES string of the molecule is C=C(Cl)CNCc1ccccc1OCC#N. The maximum Gasteiger partial charge on any atom is 0.174 e. The average Bonchev–Trinajstić information content (AvgIpc) is 2.27. The molecule has 0 aliphatic heterocycles. The smallest absolute Gasteiger partial charge is 0.174 e. The molecule has 0 fully saturated rings. The van der Waals surface area contributed by atoms with Gasteiger partial charge in [-0.1, -0.05) is 36.4 Å². The van der Waals surface area contributed by atoms with E-state index in [1.807, 2.05) is 30.3 Å². The van der Waals surface area contributed by atoms with E-state index >= 15 is 0 Å². The summed E-state index contributed by atoms with van der Waals surface area (Å²) < 4.78 is 5.29. The number of para-hydroxylation sites is 1. The third-order valence-electron chi connectivity index (χ3n) is 1.90. The van der Waals surface area contributed by atoms with Crippen LogP contribution in [0.2, 0.25) is 0 Å². The molecule has 0 saturated carbocycles. The van der Waals surface area contributed by atoms with E-state index in [0.29, 0.717) is 18.1 Å². The number of nitrogens with zero attached hydrogens (tertiary/aromatic N) is 1. The first-order valence-corrected chi connectivity index (χ1v) is 5.23. The fourth-order valence-corrected chi connectivity index (χ4v) is 1.33. The van der Waals surface area contributed by atoms with Crippen LogP contribution in [0.15, 0.2) is 35.9 Å². The predicted octanol–water partition coefficient (Wildman–Crippen LogP) is 2.43. The summed E-state index contributed by atoms with van der Waals surface area (Å²) in [4.78, 5) is 0. The van der Waals surface area contributed by atoms with E-state index in [1.165, 1.54) is 0 Å². The quantitative estimate of drug-likeness (QED) is 0.825. The number of hydrogen-bond donors (Lipinski definition) is 1. The molecule has 1 rings (SSSR count). The monoisotopic (exact) mass is 236 g/mol. The highest BCUT2D eigenvalue weighted by atomic mass is 35.5. The van der Waals surface area contributed by atoms with Crippen molar-refractivity contribution in [1.82, 2.24) is 5.32 Å². The van der Waals surface area contributed by atoms with Crippen molar-refractivity contribution in [2.75, 3.05) is 13.2 Å². The molecule has 1 aromatic carbocycles. The van der Waals surface area contributed by atoms with Crippen LogP contribution in [0, 0.1) is 11.3 Å². The van der Waals surface area contributed by atoms with Crippen LogP contribution in [0.1, 0.15) is 5.56 Å². The minimum Gasteiger partial charge on any atom is -0.478 e. The Bertz CT molecular complexity index is 398. The molecule has 0 heterocycles. The van der Waals surface area contributed by atoms with Gasteiger partial charge in [0.1, 0.15) is 11.8 Å². The third kappa shape index (κ3) is 4.35. The Balaban J connectivity index is 2.57. The highest BCUT2D eigenvalue weighted by Crippen LogP contribution is 2.17. The first-order valence-electron chi connectivity index (χ1n) is 4.85. The molecular weight excluding hydrogens is 224 g/mol. The van der Waals surface area contributed by atoms with Crippen molar-refractivity contribution in [2.24, 2.45) is 0 Å². The topological polar surface area (TPSA) is 45.0 Å². The van der Waals surface area contributed by atoms with Crippen LogP contribution in [0.25, 0.3) is 0 Å². The summed E-state index contributed by atoms with van der Waals surface area (Å²) in [7, 11) is 0. The summed E-state index contributed by atoms with van der Waals surface area (Å²) in [5, 5.41) is 12.1. The van der Waals surface area contributed by atoms with Gasteiger partial charge in [0.15, 0.2) is 6.61 Å². The highest BCUT2D eigenvalue weighted by molar-refractivity contribution is 6.29. The van der Waals surface area contributed by atoms with Crippen molar-refractivity contribution >= 4 is 11.6 Å². The van der Waals surface area contributed by atoms with Crippen LogP contribution in [0.3, 0.4) is 0 Å². The van der Waals surface area contributed by atoms with Crippen molar-refractivity contribution in [3.05, 3.63) is 41.4 Å². The van der Waals surface area contributed by atoms with Gasteiger partial charge in [-0.05, 0) is 6.07 Å².